The average Bonchev–Trinajstić information content (AvgIpc) is 2.34. The van der Waals surface area contributed by atoms with E-state index in [0.717, 1.165) is 17.7 Å². The summed E-state index contributed by atoms with van der Waals surface area (Å²) >= 11 is 12.0. The van der Waals surface area contributed by atoms with E-state index in [0.29, 0.717) is 5.56 Å². The lowest BCUT2D eigenvalue weighted by molar-refractivity contribution is 0.507. The number of hydrogen-bond acceptors (Lipinski definition) is 0. The van der Waals surface area contributed by atoms with Crippen molar-refractivity contribution >= 4 is 23.2 Å². The first-order valence-electron chi connectivity index (χ1n) is 4.93. The number of rotatable bonds is 2. The molecule has 17 heavy (non-hydrogen) atoms. The van der Waals surface area contributed by atoms with Gasteiger partial charge in [0.15, 0.2) is 11.6 Å². The Morgan fingerprint density at radius 1 is 0.941 bits per heavy atom. The molecule has 1 atom stereocenters. The fourth-order valence-corrected chi connectivity index (χ4v) is 2.18. The van der Waals surface area contributed by atoms with Crippen LogP contribution in [0.1, 0.15) is 16.5 Å². The van der Waals surface area contributed by atoms with Gasteiger partial charge in [0.1, 0.15) is 0 Å². The van der Waals surface area contributed by atoms with Crippen LogP contribution >= 0.6 is 23.2 Å². The van der Waals surface area contributed by atoms with Crippen molar-refractivity contribution in [2.45, 2.75) is 5.38 Å². The molecular formula is C13H8Cl2F2. The molecule has 0 aliphatic heterocycles. The van der Waals surface area contributed by atoms with Crippen LogP contribution in [0.25, 0.3) is 0 Å². The van der Waals surface area contributed by atoms with Crippen LogP contribution in [0.5, 0.6) is 0 Å². The summed E-state index contributed by atoms with van der Waals surface area (Å²) in [6.07, 6.45) is 0. The van der Waals surface area contributed by atoms with Gasteiger partial charge in [-0.3, -0.25) is 0 Å². The molecular weight excluding hydrogens is 265 g/mol. The molecule has 0 aliphatic carbocycles. The molecule has 2 aromatic carbocycles. The Hall–Kier alpha value is -1.12. The van der Waals surface area contributed by atoms with E-state index in [1.165, 1.54) is 0 Å². The molecule has 0 spiro atoms. The molecule has 0 heterocycles. The third-order valence-corrected chi connectivity index (χ3v) is 3.22. The molecule has 0 N–H and O–H groups in total. The fraction of sp³-hybridized carbons (Fsp3) is 0.0769. The lowest BCUT2D eigenvalue weighted by Crippen LogP contribution is -1.97. The molecule has 0 nitrogen and oxygen atoms in total. The van der Waals surface area contributed by atoms with Gasteiger partial charge in [-0.25, -0.2) is 8.78 Å². The summed E-state index contributed by atoms with van der Waals surface area (Å²) in [6.45, 7) is 0. The molecule has 0 bridgehead atoms. The molecule has 0 fully saturated rings. The van der Waals surface area contributed by atoms with E-state index in [4.69, 9.17) is 23.2 Å². The van der Waals surface area contributed by atoms with Crippen LogP contribution < -0.4 is 0 Å². The van der Waals surface area contributed by atoms with E-state index in [-0.39, 0.29) is 5.02 Å². The van der Waals surface area contributed by atoms with Crippen molar-refractivity contribution < 1.29 is 8.78 Å². The van der Waals surface area contributed by atoms with Crippen molar-refractivity contribution in [3.8, 4) is 0 Å². The van der Waals surface area contributed by atoms with Crippen LogP contribution in [-0.4, -0.2) is 0 Å². The van der Waals surface area contributed by atoms with Crippen LogP contribution in [0.2, 0.25) is 5.02 Å². The summed E-state index contributed by atoms with van der Waals surface area (Å²) in [7, 11) is 0. The Bertz CT molecular complexity index is 526. The maximum absolute atomic E-state index is 13.1. The summed E-state index contributed by atoms with van der Waals surface area (Å²) in [5, 5.41) is -0.480. The summed E-state index contributed by atoms with van der Waals surface area (Å²) < 4.78 is 26.1. The number of halogens is 4. The summed E-state index contributed by atoms with van der Waals surface area (Å²) in [6, 6.07) is 11.0. The van der Waals surface area contributed by atoms with Gasteiger partial charge in [-0.2, -0.15) is 0 Å². The molecule has 88 valence electrons. The van der Waals surface area contributed by atoms with Gasteiger partial charge in [0, 0.05) is 5.02 Å². The zero-order valence-corrected chi connectivity index (χ0v) is 10.1. The van der Waals surface area contributed by atoms with Crippen LogP contribution in [0.3, 0.4) is 0 Å². The molecule has 0 amide bonds. The van der Waals surface area contributed by atoms with E-state index < -0.39 is 17.0 Å². The number of hydrogen-bond donors (Lipinski definition) is 0. The van der Waals surface area contributed by atoms with Crippen molar-refractivity contribution in [3.05, 3.63) is 70.2 Å². The first kappa shape index (κ1) is 12.3. The lowest BCUT2D eigenvalue weighted by Gasteiger charge is -2.12. The second kappa shape index (κ2) is 5.03. The van der Waals surface area contributed by atoms with Crippen molar-refractivity contribution in [1.82, 2.24) is 0 Å². The van der Waals surface area contributed by atoms with Crippen molar-refractivity contribution in [2.75, 3.05) is 0 Å². The monoisotopic (exact) mass is 272 g/mol. The molecule has 0 saturated heterocycles. The van der Waals surface area contributed by atoms with Crippen LogP contribution in [-0.2, 0) is 0 Å². The van der Waals surface area contributed by atoms with Crippen molar-refractivity contribution in [3.63, 3.8) is 0 Å². The third-order valence-electron chi connectivity index (χ3n) is 2.40. The molecule has 0 radical (unpaired) electrons. The van der Waals surface area contributed by atoms with Gasteiger partial charge >= 0.3 is 0 Å². The van der Waals surface area contributed by atoms with E-state index in [9.17, 15) is 8.78 Å². The van der Waals surface area contributed by atoms with Gasteiger partial charge in [0.05, 0.1) is 5.38 Å². The molecule has 4 heteroatoms. The van der Waals surface area contributed by atoms with Gasteiger partial charge in [-0.05, 0) is 23.3 Å². The van der Waals surface area contributed by atoms with Gasteiger partial charge in [-0.1, -0.05) is 41.9 Å². The maximum Gasteiger partial charge on any atom is 0.160 e. The summed E-state index contributed by atoms with van der Waals surface area (Å²) in [5.41, 5.74) is 1.14. The molecule has 2 rings (SSSR count). The van der Waals surface area contributed by atoms with Crippen LogP contribution in [0, 0.1) is 11.6 Å². The molecule has 0 aromatic heterocycles. The Labute approximate surface area is 108 Å². The minimum absolute atomic E-state index is 0.118. The second-order valence-corrected chi connectivity index (χ2v) is 4.40. The number of alkyl halides is 1. The fourth-order valence-electron chi connectivity index (χ4n) is 1.53. The quantitative estimate of drug-likeness (QED) is 0.536. The van der Waals surface area contributed by atoms with Gasteiger partial charge in [-0.15, -0.1) is 11.6 Å². The van der Waals surface area contributed by atoms with Gasteiger partial charge in [0.2, 0.25) is 0 Å². The standard InChI is InChI=1S/C13H8Cl2F2/c14-10-7-12(17)11(16)6-9(10)13(15)8-4-2-1-3-5-8/h1-7,13H. The average molecular weight is 273 g/mol. The highest BCUT2D eigenvalue weighted by atomic mass is 35.5. The van der Waals surface area contributed by atoms with Crippen LogP contribution in [0.4, 0.5) is 8.78 Å². The lowest BCUT2D eigenvalue weighted by atomic mass is 10.0. The third kappa shape index (κ3) is 2.59. The first-order chi connectivity index (χ1) is 8.09. The minimum Gasteiger partial charge on any atom is -0.204 e. The number of benzene rings is 2. The predicted octanol–water partition coefficient (Wildman–Crippen LogP) is 4.95. The molecule has 0 aliphatic rings. The predicted molar refractivity (Wildman–Crippen MR) is 65.5 cm³/mol. The smallest absolute Gasteiger partial charge is 0.160 e. The zero-order valence-electron chi connectivity index (χ0n) is 8.63. The van der Waals surface area contributed by atoms with Crippen molar-refractivity contribution in [1.29, 1.82) is 0 Å². The largest absolute Gasteiger partial charge is 0.204 e. The van der Waals surface area contributed by atoms with E-state index in [1.54, 1.807) is 12.1 Å². The van der Waals surface area contributed by atoms with Crippen LogP contribution in [0.15, 0.2) is 42.5 Å². The van der Waals surface area contributed by atoms with Crippen molar-refractivity contribution in [2.24, 2.45) is 0 Å². The van der Waals surface area contributed by atoms with E-state index in [1.807, 2.05) is 18.2 Å². The normalized spacial score (nSPS) is 12.5. The molecule has 0 saturated carbocycles. The summed E-state index contributed by atoms with van der Waals surface area (Å²) in [4.78, 5) is 0. The minimum atomic E-state index is -0.976. The molecule has 2 aromatic rings. The van der Waals surface area contributed by atoms with Gasteiger partial charge < -0.3 is 0 Å². The summed E-state index contributed by atoms with van der Waals surface area (Å²) in [5.74, 6) is -1.93. The van der Waals surface area contributed by atoms with Gasteiger partial charge in [0.25, 0.3) is 0 Å². The Morgan fingerprint density at radius 2 is 1.53 bits per heavy atom. The highest BCUT2D eigenvalue weighted by Crippen LogP contribution is 2.34. The highest BCUT2D eigenvalue weighted by Gasteiger charge is 2.17. The second-order valence-electron chi connectivity index (χ2n) is 3.56. The van der Waals surface area contributed by atoms with E-state index in [2.05, 4.69) is 0 Å². The molecule has 1 unspecified atom stereocenters. The Balaban J connectivity index is 2.44. The first-order valence-corrected chi connectivity index (χ1v) is 5.74. The Morgan fingerprint density at radius 3 is 2.18 bits per heavy atom. The van der Waals surface area contributed by atoms with E-state index >= 15 is 0 Å². The topological polar surface area (TPSA) is 0 Å². The Kier molecular flexibility index (Phi) is 3.65. The highest BCUT2D eigenvalue weighted by molar-refractivity contribution is 6.33. The zero-order chi connectivity index (χ0) is 12.4. The maximum atomic E-state index is 13.1. The SMILES string of the molecule is Fc1cc(Cl)c(C(Cl)c2ccccc2)cc1F.